The van der Waals surface area contributed by atoms with Crippen molar-refractivity contribution in [3.8, 4) is 11.4 Å². The summed E-state index contributed by atoms with van der Waals surface area (Å²) in [4.78, 5) is 12.5. The van der Waals surface area contributed by atoms with Crippen molar-refractivity contribution in [2.45, 2.75) is 19.4 Å². The predicted octanol–water partition coefficient (Wildman–Crippen LogP) is 2.60. The minimum absolute atomic E-state index is 0.342. The molecule has 0 saturated carbocycles. The molecule has 0 aliphatic heterocycles. The maximum Gasteiger partial charge on any atom is 0.267 e. The van der Waals surface area contributed by atoms with Crippen LogP contribution in [-0.4, -0.2) is 31.7 Å². The lowest BCUT2D eigenvalue weighted by Crippen LogP contribution is -2.42. The van der Waals surface area contributed by atoms with Crippen molar-refractivity contribution in [2.75, 3.05) is 5.32 Å². The van der Waals surface area contributed by atoms with Gasteiger partial charge >= 0.3 is 0 Å². The van der Waals surface area contributed by atoms with E-state index in [0.717, 1.165) is 0 Å². The standard InChI is InChI=1S/C17H16FN5O2/c1-17(2,25-15-8-6-12(18)7-9-15)16(24)20-13-4-3-5-14(10-13)23-11-19-21-22-23/h3-11H,1-2H3,(H,20,24). The molecule has 1 aromatic heterocycles. The Morgan fingerprint density at radius 3 is 2.64 bits per heavy atom. The fourth-order valence-electron chi connectivity index (χ4n) is 2.13. The third-order valence-electron chi connectivity index (χ3n) is 3.45. The van der Waals surface area contributed by atoms with Crippen molar-refractivity contribution in [3.05, 3.63) is 60.7 Å². The van der Waals surface area contributed by atoms with Crippen LogP contribution in [0.5, 0.6) is 5.75 Å². The Balaban J connectivity index is 1.72. The van der Waals surface area contributed by atoms with Crippen LogP contribution in [0.1, 0.15) is 13.8 Å². The summed E-state index contributed by atoms with van der Waals surface area (Å²) < 4.78 is 20.1. The Morgan fingerprint density at radius 1 is 1.20 bits per heavy atom. The summed E-state index contributed by atoms with van der Waals surface area (Å²) in [5.74, 6) is -0.302. The van der Waals surface area contributed by atoms with Crippen molar-refractivity contribution in [2.24, 2.45) is 0 Å². The highest BCUT2D eigenvalue weighted by molar-refractivity contribution is 5.97. The van der Waals surface area contributed by atoms with E-state index in [2.05, 4.69) is 20.8 Å². The molecule has 0 atom stereocenters. The van der Waals surface area contributed by atoms with Gasteiger partial charge in [-0.3, -0.25) is 4.79 Å². The molecule has 25 heavy (non-hydrogen) atoms. The minimum Gasteiger partial charge on any atom is -0.478 e. The molecule has 0 unspecified atom stereocenters. The highest BCUT2D eigenvalue weighted by Crippen LogP contribution is 2.21. The average molecular weight is 341 g/mol. The summed E-state index contributed by atoms with van der Waals surface area (Å²) in [6.07, 6.45) is 1.46. The molecule has 0 spiro atoms. The summed E-state index contributed by atoms with van der Waals surface area (Å²) in [5.41, 5.74) is 0.136. The van der Waals surface area contributed by atoms with Crippen LogP contribution in [0.25, 0.3) is 5.69 Å². The molecule has 0 saturated heterocycles. The zero-order valence-electron chi connectivity index (χ0n) is 13.7. The Morgan fingerprint density at radius 2 is 1.96 bits per heavy atom. The monoisotopic (exact) mass is 341 g/mol. The quantitative estimate of drug-likeness (QED) is 0.771. The highest BCUT2D eigenvalue weighted by atomic mass is 19.1. The van der Waals surface area contributed by atoms with Crippen molar-refractivity contribution < 1.29 is 13.9 Å². The van der Waals surface area contributed by atoms with Gasteiger partial charge in [0.25, 0.3) is 5.91 Å². The second-order valence-corrected chi connectivity index (χ2v) is 5.83. The van der Waals surface area contributed by atoms with Crippen molar-refractivity contribution >= 4 is 11.6 Å². The number of carbonyl (C=O) groups excluding carboxylic acids is 1. The van der Waals surface area contributed by atoms with Crippen LogP contribution in [0.2, 0.25) is 0 Å². The summed E-state index contributed by atoms with van der Waals surface area (Å²) in [5, 5.41) is 13.8. The van der Waals surface area contributed by atoms with Crippen LogP contribution in [0.3, 0.4) is 0 Å². The smallest absolute Gasteiger partial charge is 0.267 e. The van der Waals surface area contributed by atoms with Gasteiger partial charge in [0.2, 0.25) is 0 Å². The lowest BCUT2D eigenvalue weighted by atomic mass is 10.1. The summed E-state index contributed by atoms with van der Waals surface area (Å²) in [6.45, 7) is 3.27. The largest absolute Gasteiger partial charge is 0.478 e. The van der Waals surface area contributed by atoms with E-state index in [9.17, 15) is 9.18 Å². The van der Waals surface area contributed by atoms with E-state index in [1.165, 1.54) is 35.3 Å². The van der Waals surface area contributed by atoms with Crippen LogP contribution < -0.4 is 10.1 Å². The van der Waals surface area contributed by atoms with Gasteiger partial charge in [0.05, 0.1) is 5.69 Å². The predicted molar refractivity (Wildman–Crippen MR) is 88.9 cm³/mol. The zero-order chi connectivity index (χ0) is 17.9. The number of hydrogen-bond acceptors (Lipinski definition) is 5. The van der Waals surface area contributed by atoms with Gasteiger partial charge in [-0.25, -0.2) is 9.07 Å². The summed E-state index contributed by atoms with van der Waals surface area (Å²) in [7, 11) is 0. The van der Waals surface area contributed by atoms with Gasteiger partial charge in [0, 0.05) is 5.69 Å². The Kier molecular flexibility index (Phi) is 4.42. The van der Waals surface area contributed by atoms with E-state index in [1.807, 2.05) is 6.07 Å². The molecule has 0 bridgehead atoms. The molecule has 3 aromatic rings. The van der Waals surface area contributed by atoms with Crippen LogP contribution in [-0.2, 0) is 4.79 Å². The molecule has 8 heteroatoms. The van der Waals surface area contributed by atoms with Gasteiger partial charge < -0.3 is 10.1 Å². The van der Waals surface area contributed by atoms with Gasteiger partial charge in [0.15, 0.2) is 5.60 Å². The SMILES string of the molecule is CC(C)(Oc1ccc(F)cc1)C(=O)Nc1cccc(-n2cnnn2)c1. The molecule has 0 fully saturated rings. The Bertz CT molecular complexity index is 863. The maximum absolute atomic E-state index is 13.0. The number of hydrogen-bond donors (Lipinski definition) is 1. The normalized spacial score (nSPS) is 11.2. The average Bonchev–Trinajstić information content (AvgIpc) is 3.11. The highest BCUT2D eigenvalue weighted by Gasteiger charge is 2.30. The minimum atomic E-state index is -1.15. The molecule has 1 heterocycles. The lowest BCUT2D eigenvalue weighted by Gasteiger charge is -2.25. The Labute approximate surface area is 143 Å². The van der Waals surface area contributed by atoms with Gasteiger partial charge in [-0.05, 0) is 66.7 Å². The first kappa shape index (κ1) is 16.6. The van der Waals surface area contributed by atoms with Gasteiger partial charge in [-0.15, -0.1) is 5.10 Å². The first-order valence-electron chi connectivity index (χ1n) is 7.53. The number of rotatable bonds is 5. The number of benzene rings is 2. The number of halogens is 1. The zero-order valence-corrected chi connectivity index (χ0v) is 13.7. The van der Waals surface area contributed by atoms with Crippen molar-refractivity contribution in [1.82, 2.24) is 20.2 Å². The molecular formula is C17H16FN5O2. The number of tetrazole rings is 1. The number of carbonyl (C=O) groups is 1. The third-order valence-corrected chi connectivity index (χ3v) is 3.45. The molecule has 0 radical (unpaired) electrons. The number of aromatic nitrogens is 4. The van der Waals surface area contributed by atoms with Gasteiger partial charge in [0.1, 0.15) is 17.9 Å². The van der Waals surface area contributed by atoms with Gasteiger partial charge in [-0.2, -0.15) is 0 Å². The van der Waals surface area contributed by atoms with E-state index in [-0.39, 0.29) is 11.7 Å². The van der Waals surface area contributed by atoms with Crippen molar-refractivity contribution in [3.63, 3.8) is 0 Å². The van der Waals surface area contributed by atoms with Crippen LogP contribution >= 0.6 is 0 Å². The Hall–Kier alpha value is -3.29. The molecule has 7 nitrogen and oxygen atoms in total. The number of amides is 1. The van der Waals surface area contributed by atoms with E-state index in [1.54, 1.807) is 32.0 Å². The summed E-state index contributed by atoms with van der Waals surface area (Å²) >= 11 is 0. The molecule has 3 rings (SSSR count). The van der Waals surface area contributed by atoms with Crippen LogP contribution in [0.15, 0.2) is 54.9 Å². The lowest BCUT2D eigenvalue weighted by molar-refractivity contribution is -0.128. The maximum atomic E-state index is 13.0. The van der Waals surface area contributed by atoms with E-state index in [4.69, 9.17) is 4.74 Å². The third kappa shape index (κ3) is 3.97. The molecule has 1 N–H and O–H groups in total. The van der Waals surface area contributed by atoms with E-state index < -0.39 is 5.60 Å². The second-order valence-electron chi connectivity index (χ2n) is 5.83. The molecule has 0 aliphatic rings. The van der Waals surface area contributed by atoms with E-state index in [0.29, 0.717) is 17.1 Å². The molecule has 2 aromatic carbocycles. The van der Waals surface area contributed by atoms with Gasteiger partial charge in [-0.1, -0.05) is 6.07 Å². The molecule has 0 aliphatic carbocycles. The number of nitrogens with one attached hydrogen (secondary N) is 1. The first-order valence-corrected chi connectivity index (χ1v) is 7.53. The number of anilines is 1. The number of nitrogens with zero attached hydrogens (tertiary/aromatic N) is 4. The fourth-order valence-corrected chi connectivity index (χ4v) is 2.13. The molecule has 1 amide bonds. The topological polar surface area (TPSA) is 81.9 Å². The van der Waals surface area contributed by atoms with E-state index >= 15 is 0 Å². The number of ether oxygens (including phenoxy) is 1. The van der Waals surface area contributed by atoms with Crippen LogP contribution in [0.4, 0.5) is 10.1 Å². The second kappa shape index (κ2) is 6.68. The first-order chi connectivity index (χ1) is 11.9. The summed E-state index contributed by atoms with van der Waals surface area (Å²) in [6, 6.07) is 12.6. The van der Waals surface area contributed by atoms with Crippen LogP contribution in [0, 0.1) is 5.82 Å². The van der Waals surface area contributed by atoms with Crippen molar-refractivity contribution in [1.29, 1.82) is 0 Å². The fraction of sp³-hybridized carbons (Fsp3) is 0.176. The molecular weight excluding hydrogens is 325 g/mol. The molecule has 128 valence electrons.